The molecule has 1 unspecified atom stereocenters. The molecule has 4 rings (SSSR count). The van der Waals surface area contributed by atoms with Crippen LogP contribution in [0.2, 0.25) is 0 Å². The molecule has 0 aliphatic heterocycles. The molecule has 7 nitrogen and oxygen atoms in total. The van der Waals surface area contributed by atoms with Gasteiger partial charge in [-0.25, -0.2) is 4.98 Å². The molecule has 0 fully saturated rings. The van der Waals surface area contributed by atoms with Crippen LogP contribution < -0.4 is 10.9 Å². The van der Waals surface area contributed by atoms with Crippen LogP contribution in [0.5, 0.6) is 0 Å². The predicted molar refractivity (Wildman–Crippen MR) is 108 cm³/mol. The molecule has 1 atom stereocenters. The lowest BCUT2D eigenvalue weighted by Gasteiger charge is -2.14. The Morgan fingerprint density at radius 2 is 1.75 bits per heavy atom. The van der Waals surface area contributed by atoms with Crippen LogP contribution in [-0.2, 0) is 13.6 Å². The Labute approximate surface area is 161 Å². The fourth-order valence-corrected chi connectivity index (χ4v) is 3.14. The molecule has 2 N–H and O–H groups in total. The summed E-state index contributed by atoms with van der Waals surface area (Å²) in [5.74, 6) is 0.373. The molecule has 0 amide bonds. The molecule has 0 radical (unpaired) electrons. The maximum atomic E-state index is 12.9. The average molecular weight is 375 g/mol. The zero-order chi connectivity index (χ0) is 19.5. The van der Waals surface area contributed by atoms with E-state index in [1.165, 1.54) is 4.57 Å². The lowest BCUT2D eigenvalue weighted by atomic mass is 10.1. The second kappa shape index (κ2) is 7.66. The van der Waals surface area contributed by atoms with Gasteiger partial charge in [0.2, 0.25) is 5.95 Å². The summed E-state index contributed by atoms with van der Waals surface area (Å²) in [7, 11) is 1.66. The SMILES string of the molecule is Cn1c(NCC(O)c2ccccc2)nc2ncn(Cc3ccccc3)c2c1=O. The van der Waals surface area contributed by atoms with E-state index in [2.05, 4.69) is 15.3 Å². The molecule has 0 aliphatic rings. The Hall–Kier alpha value is -3.45. The third kappa shape index (κ3) is 3.52. The van der Waals surface area contributed by atoms with Gasteiger partial charge in [-0.3, -0.25) is 9.36 Å². The Morgan fingerprint density at radius 3 is 2.46 bits per heavy atom. The van der Waals surface area contributed by atoms with Crippen molar-refractivity contribution in [1.82, 2.24) is 19.1 Å². The first-order valence-electron chi connectivity index (χ1n) is 9.06. The molecule has 4 aromatic rings. The number of nitrogens with zero attached hydrogens (tertiary/aromatic N) is 4. The maximum absolute atomic E-state index is 12.9. The summed E-state index contributed by atoms with van der Waals surface area (Å²) < 4.78 is 3.26. The Balaban J connectivity index is 1.59. The van der Waals surface area contributed by atoms with E-state index in [0.29, 0.717) is 23.7 Å². The molecular weight excluding hydrogens is 354 g/mol. The number of hydrogen-bond donors (Lipinski definition) is 2. The summed E-state index contributed by atoms with van der Waals surface area (Å²) in [4.78, 5) is 21.7. The van der Waals surface area contributed by atoms with Crippen LogP contribution in [0.25, 0.3) is 11.2 Å². The molecule has 0 saturated carbocycles. The van der Waals surface area contributed by atoms with Gasteiger partial charge in [-0.1, -0.05) is 60.7 Å². The van der Waals surface area contributed by atoms with Crippen molar-refractivity contribution in [3.63, 3.8) is 0 Å². The van der Waals surface area contributed by atoms with E-state index >= 15 is 0 Å². The number of fused-ring (bicyclic) bond motifs is 1. The topological polar surface area (TPSA) is 85.0 Å². The summed E-state index contributed by atoms with van der Waals surface area (Å²) in [6.07, 6.45) is 0.929. The lowest BCUT2D eigenvalue weighted by Crippen LogP contribution is -2.25. The summed E-state index contributed by atoms with van der Waals surface area (Å²) in [6.45, 7) is 0.786. The van der Waals surface area contributed by atoms with Gasteiger partial charge < -0.3 is 15.0 Å². The van der Waals surface area contributed by atoms with Crippen molar-refractivity contribution in [2.75, 3.05) is 11.9 Å². The Kier molecular flexibility index (Phi) is 4.90. The smallest absolute Gasteiger partial charge is 0.280 e. The minimum atomic E-state index is -0.704. The summed E-state index contributed by atoms with van der Waals surface area (Å²) in [6, 6.07) is 19.2. The second-order valence-electron chi connectivity index (χ2n) is 6.64. The quantitative estimate of drug-likeness (QED) is 0.540. The molecule has 28 heavy (non-hydrogen) atoms. The fourth-order valence-electron chi connectivity index (χ4n) is 3.14. The van der Waals surface area contributed by atoms with E-state index in [4.69, 9.17) is 0 Å². The molecule has 0 spiro atoms. The zero-order valence-electron chi connectivity index (χ0n) is 15.5. The molecule has 0 aliphatic carbocycles. The van der Waals surface area contributed by atoms with Crippen LogP contribution in [0, 0.1) is 0 Å². The molecule has 2 heterocycles. The fraction of sp³-hybridized carbons (Fsp3) is 0.190. The molecule has 2 aromatic carbocycles. The van der Waals surface area contributed by atoms with Gasteiger partial charge in [0.25, 0.3) is 5.56 Å². The third-order valence-electron chi connectivity index (χ3n) is 4.69. The molecule has 142 valence electrons. The number of hydrogen-bond acceptors (Lipinski definition) is 5. The van der Waals surface area contributed by atoms with E-state index in [-0.39, 0.29) is 12.1 Å². The molecule has 7 heteroatoms. The first-order chi connectivity index (χ1) is 13.6. The van der Waals surface area contributed by atoms with Crippen LogP contribution in [0.3, 0.4) is 0 Å². The number of imidazole rings is 1. The largest absolute Gasteiger partial charge is 0.387 e. The first kappa shape index (κ1) is 17.9. The van der Waals surface area contributed by atoms with Gasteiger partial charge in [-0.15, -0.1) is 0 Å². The highest BCUT2D eigenvalue weighted by molar-refractivity contribution is 5.71. The van der Waals surface area contributed by atoms with E-state index < -0.39 is 6.10 Å². The highest BCUT2D eigenvalue weighted by Gasteiger charge is 2.15. The van der Waals surface area contributed by atoms with E-state index in [0.717, 1.165) is 11.1 Å². The number of anilines is 1. The standard InChI is InChI=1S/C21H21N5O2/c1-25-20(28)18-19(23-14-26(18)13-15-8-4-2-5-9-15)24-21(25)22-12-17(27)16-10-6-3-7-11-16/h2-11,14,17,27H,12-13H2,1H3,(H,22,24). The number of rotatable bonds is 6. The van der Waals surface area contributed by atoms with Crippen molar-refractivity contribution < 1.29 is 5.11 Å². The van der Waals surface area contributed by atoms with Gasteiger partial charge in [0.15, 0.2) is 11.2 Å². The minimum Gasteiger partial charge on any atom is -0.387 e. The van der Waals surface area contributed by atoms with Crippen molar-refractivity contribution >= 4 is 17.1 Å². The summed E-state index contributed by atoms with van der Waals surface area (Å²) in [5, 5.41) is 13.4. The molecule has 0 bridgehead atoms. The van der Waals surface area contributed by atoms with Crippen molar-refractivity contribution in [3.05, 3.63) is 88.5 Å². The van der Waals surface area contributed by atoms with Crippen LogP contribution in [0.1, 0.15) is 17.2 Å². The van der Waals surface area contributed by atoms with Crippen LogP contribution in [-0.4, -0.2) is 30.8 Å². The van der Waals surface area contributed by atoms with E-state index in [1.807, 2.05) is 65.2 Å². The average Bonchev–Trinajstić information content (AvgIpc) is 3.13. The van der Waals surface area contributed by atoms with Crippen molar-refractivity contribution in [1.29, 1.82) is 0 Å². The number of aliphatic hydroxyl groups excluding tert-OH is 1. The van der Waals surface area contributed by atoms with E-state index in [1.54, 1.807) is 13.4 Å². The first-order valence-corrected chi connectivity index (χ1v) is 9.06. The maximum Gasteiger partial charge on any atom is 0.280 e. The van der Waals surface area contributed by atoms with Gasteiger partial charge in [0.05, 0.1) is 12.4 Å². The third-order valence-corrected chi connectivity index (χ3v) is 4.69. The summed E-state index contributed by atoms with van der Waals surface area (Å²) in [5.41, 5.74) is 2.54. The summed E-state index contributed by atoms with van der Waals surface area (Å²) >= 11 is 0. The Morgan fingerprint density at radius 1 is 1.07 bits per heavy atom. The molecule has 2 aromatic heterocycles. The molecule has 0 saturated heterocycles. The van der Waals surface area contributed by atoms with Crippen molar-refractivity contribution in [2.24, 2.45) is 7.05 Å². The second-order valence-corrected chi connectivity index (χ2v) is 6.64. The Bertz CT molecular complexity index is 1140. The zero-order valence-corrected chi connectivity index (χ0v) is 15.5. The van der Waals surface area contributed by atoms with Gasteiger partial charge in [0.1, 0.15) is 0 Å². The van der Waals surface area contributed by atoms with Gasteiger partial charge in [0, 0.05) is 20.1 Å². The lowest BCUT2D eigenvalue weighted by molar-refractivity contribution is 0.191. The molecular formula is C21H21N5O2. The van der Waals surface area contributed by atoms with Gasteiger partial charge >= 0.3 is 0 Å². The number of nitrogens with one attached hydrogen (secondary N) is 1. The minimum absolute atomic E-state index is 0.185. The van der Waals surface area contributed by atoms with Crippen molar-refractivity contribution in [2.45, 2.75) is 12.6 Å². The number of aliphatic hydroxyl groups is 1. The highest BCUT2D eigenvalue weighted by atomic mass is 16.3. The predicted octanol–water partition coefficient (Wildman–Crippen LogP) is 2.32. The normalized spacial score (nSPS) is 12.2. The monoisotopic (exact) mass is 375 g/mol. The van der Waals surface area contributed by atoms with Crippen LogP contribution in [0.15, 0.2) is 71.8 Å². The van der Waals surface area contributed by atoms with Gasteiger partial charge in [-0.2, -0.15) is 4.98 Å². The highest BCUT2D eigenvalue weighted by Crippen LogP contribution is 2.15. The van der Waals surface area contributed by atoms with E-state index in [9.17, 15) is 9.90 Å². The van der Waals surface area contributed by atoms with Crippen molar-refractivity contribution in [3.8, 4) is 0 Å². The number of aromatic nitrogens is 4. The van der Waals surface area contributed by atoms with Crippen LogP contribution >= 0.6 is 0 Å². The number of benzene rings is 2. The van der Waals surface area contributed by atoms with Gasteiger partial charge in [-0.05, 0) is 11.1 Å². The van der Waals surface area contributed by atoms with Crippen LogP contribution in [0.4, 0.5) is 5.95 Å².